The fraction of sp³-hybridized carbons (Fsp3) is 0.579. The molecule has 0 bridgehead atoms. The molecule has 26 heavy (non-hydrogen) atoms. The number of methoxy groups -OCH3 is 1. The summed E-state index contributed by atoms with van der Waals surface area (Å²) in [5.41, 5.74) is 2.79. The molecule has 0 radical (unpaired) electrons. The number of fused-ring (bicyclic) bond motifs is 1. The zero-order valence-corrected chi connectivity index (χ0v) is 15.2. The SMILES string of the molecule is COCC1CN(C(=O)c2ccncn2)Cc2cnn(CC3CCCC3)c21. The van der Waals surface area contributed by atoms with E-state index in [-0.39, 0.29) is 11.8 Å². The first-order chi connectivity index (χ1) is 12.8. The van der Waals surface area contributed by atoms with Gasteiger partial charge in [-0.2, -0.15) is 5.10 Å². The van der Waals surface area contributed by atoms with E-state index >= 15 is 0 Å². The lowest BCUT2D eigenvalue weighted by atomic mass is 9.96. The molecule has 1 atom stereocenters. The third-order valence-electron chi connectivity index (χ3n) is 5.51. The summed E-state index contributed by atoms with van der Waals surface area (Å²) in [7, 11) is 1.71. The Kier molecular flexibility index (Phi) is 4.97. The molecular weight excluding hydrogens is 330 g/mol. The Balaban J connectivity index is 1.57. The van der Waals surface area contributed by atoms with Crippen LogP contribution in [0.4, 0.5) is 0 Å². The molecule has 0 spiro atoms. The summed E-state index contributed by atoms with van der Waals surface area (Å²) in [5, 5.41) is 4.66. The first-order valence-electron chi connectivity index (χ1n) is 9.35. The van der Waals surface area contributed by atoms with E-state index in [2.05, 4.69) is 19.7 Å². The van der Waals surface area contributed by atoms with Gasteiger partial charge in [-0.15, -0.1) is 0 Å². The number of carbonyl (C=O) groups is 1. The van der Waals surface area contributed by atoms with Gasteiger partial charge in [-0.3, -0.25) is 9.48 Å². The van der Waals surface area contributed by atoms with E-state index in [9.17, 15) is 4.79 Å². The zero-order chi connectivity index (χ0) is 17.9. The molecule has 3 heterocycles. The monoisotopic (exact) mass is 355 g/mol. The van der Waals surface area contributed by atoms with E-state index in [4.69, 9.17) is 4.74 Å². The van der Waals surface area contributed by atoms with Crippen molar-refractivity contribution in [1.82, 2.24) is 24.6 Å². The van der Waals surface area contributed by atoms with Crippen LogP contribution in [-0.4, -0.2) is 50.8 Å². The molecule has 1 fully saturated rings. The number of hydrogen-bond donors (Lipinski definition) is 0. The lowest BCUT2D eigenvalue weighted by Crippen LogP contribution is -2.40. The lowest BCUT2D eigenvalue weighted by Gasteiger charge is -2.33. The predicted molar refractivity (Wildman–Crippen MR) is 95.6 cm³/mol. The van der Waals surface area contributed by atoms with E-state index in [1.165, 1.54) is 37.7 Å². The van der Waals surface area contributed by atoms with Crippen LogP contribution in [0, 0.1) is 5.92 Å². The maximum Gasteiger partial charge on any atom is 0.272 e. The van der Waals surface area contributed by atoms with Crippen molar-refractivity contribution in [3.8, 4) is 0 Å². The molecule has 0 saturated heterocycles. The smallest absolute Gasteiger partial charge is 0.272 e. The average molecular weight is 355 g/mol. The molecule has 1 amide bonds. The van der Waals surface area contributed by atoms with E-state index in [1.54, 1.807) is 19.4 Å². The van der Waals surface area contributed by atoms with Gasteiger partial charge < -0.3 is 9.64 Å². The van der Waals surface area contributed by atoms with Crippen molar-refractivity contribution in [2.24, 2.45) is 5.92 Å². The molecule has 7 nitrogen and oxygen atoms in total. The second kappa shape index (κ2) is 7.53. The number of hydrogen-bond acceptors (Lipinski definition) is 5. The fourth-order valence-electron chi connectivity index (χ4n) is 4.30. The Labute approximate surface area is 153 Å². The van der Waals surface area contributed by atoms with Crippen molar-refractivity contribution in [3.05, 3.63) is 41.7 Å². The maximum atomic E-state index is 12.8. The van der Waals surface area contributed by atoms with Gasteiger partial charge >= 0.3 is 0 Å². The van der Waals surface area contributed by atoms with Crippen molar-refractivity contribution >= 4 is 5.91 Å². The summed E-state index contributed by atoms with van der Waals surface area (Å²) in [6, 6.07) is 1.66. The highest BCUT2D eigenvalue weighted by molar-refractivity contribution is 5.92. The number of ether oxygens (including phenoxy) is 1. The Bertz CT molecular complexity index is 755. The van der Waals surface area contributed by atoms with E-state index in [0.29, 0.717) is 25.4 Å². The standard InChI is InChI=1S/C19H25N5O2/c1-26-12-16-11-23(19(25)17-6-7-20-13-21-17)10-15-8-22-24(18(15)16)9-14-4-2-3-5-14/h6-8,13-14,16H,2-5,9-12H2,1H3. The number of carbonyl (C=O) groups excluding carboxylic acids is 1. The minimum absolute atomic E-state index is 0.0669. The number of nitrogens with zero attached hydrogens (tertiary/aromatic N) is 5. The topological polar surface area (TPSA) is 73.1 Å². The molecule has 1 saturated carbocycles. The summed E-state index contributed by atoms with van der Waals surface area (Å²) < 4.78 is 7.63. The first-order valence-corrected chi connectivity index (χ1v) is 9.35. The highest BCUT2D eigenvalue weighted by atomic mass is 16.5. The second-order valence-electron chi connectivity index (χ2n) is 7.32. The van der Waals surface area contributed by atoms with Gasteiger partial charge in [0, 0.05) is 44.4 Å². The first kappa shape index (κ1) is 17.1. The van der Waals surface area contributed by atoms with Crippen LogP contribution in [-0.2, 0) is 17.8 Å². The molecular formula is C19H25N5O2. The van der Waals surface area contributed by atoms with Gasteiger partial charge in [0.1, 0.15) is 12.0 Å². The van der Waals surface area contributed by atoms with Gasteiger partial charge in [0.25, 0.3) is 5.91 Å². The Hall–Kier alpha value is -2.28. The van der Waals surface area contributed by atoms with Gasteiger partial charge in [-0.1, -0.05) is 12.8 Å². The third kappa shape index (κ3) is 3.35. The van der Waals surface area contributed by atoms with Crippen LogP contribution >= 0.6 is 0 Å². The van der Waals surface area contributed by atoms with Crippen molar-refractivity contribution in [1.29, 1.82) is 0 Å². The lowest BCUT2D eigenvalue weighted by molar-refractivity contribution is 0.0668. The van der Waals surface area contributed by atoms with Crippen molar-refractivity contribution in [3.63, 3.8) is 0 Å². The van der Waals surface area contributed by atoms with Crippen LogP contribution in [0.5, 0.6) is 0 Å². The maximum absolute atomic E-state index is 12.8. The molecule has 0 N–H and O–H groups in total. The quantitative estimate of drug-likeness (QED) is 0.822. The highest BCUT2D eigenvalue weighted by Crippen LogP contribution is 2.32. The number of amides is 1. The summed E-state index contributed by atoms with van der Waals surface area (Å²) >= 11 is 0. The Morgan fingerprint density at radius 1 is 1.35 bits per heavy atom. The molecule has 7 heteroatoms. The zero-order valence-electron chi connectivity index (χ0n) is 15.2. The number of aromatic nitrogens is 4. The summed E-state index contributed by atoms with van der Waals surface area (Å²) in [5.74, 6) is 0.795. The van der Waals surface area contributed by atoms with Gasteiger partial charge in [0.2, 0.25) is 0 Å². The van der Waals surface area contributed by atoms with Crippen molar-refractivity contribution in [2.45, 2.75) is 44.7 Å². The Morgan fingerprint density at radius 2 is 2.19 bits per heavy atom. The third-order valence-corrected chi connectivity index (χ3v) is 5.51. The fourth-order valence-corrected chi connectivity index (χ4v) is 4.30. The van der Waals surface area contributed by atoms with Crippen LogP contribution < -0.4 is 0 Å². The van der Waals surface area contributed by atoms with Crippen LogP contribution in [0.25, 0.3) is 0 Å². The van der Waals surface area contributed by atoms with Gasteiger partial charge in [0.15, 0.2) is 0 Å². The van der Waals surface area contributed by atoms with Crippen LogP contribution in [0.1, 0.15) is 53.3 Å². The van der Waals surface area contributed by atoms with Crippen molar-refractivity contribution < 1.29 is 9.53 Å². The molecule has 1 aliphatic carbocycles. The Morgan fingerprint density at radius 3 is 2.92 bits per heavy atom. The minimum Gasteiger partial charge on any atom is -0.384 e. The molecule has 4 rings (SSSR count). The summed E-state index contributed by atoms with van der Waals surface area (Å²) in [6.07, 6.45) is 10.2. The van der Waals surface area contributed by atoms with E-state index < -0.39 is 0 Å². The van der Waals surface area contributed by atoms with Gasteiger partial charge in [0.05, 0.1) is 18.5 Å². The molecule has 2 aromatic rings. The largest absolute Gasteiger partial charge is 0.384 e. The summed E-state index contributed by atoms with van der Waals surface area (Å²) in [6.45, 7) is 2.76. The summed E-state index contributed by atoms with van der Waals surface area (Å²) in [4.78, 5) is 22.6. The van der Waals surface area contributed by atoms with Crippen LogP contribution in [0.3, 0.4) is 0 Å². The molecule has 0 aromatic carbocycles. The highest BCUT2D eigenvalue weighted by Gasteiger charge is 2.33. The minimum atomic E-state index is -0.0669. The molecule has 138 valence electrons. The van der Waals surface area contributed by atoms with Crippen LogP contribution in [0.15, 0.2) is 24.8 Å². The average Bonchev–Trinajstić information content (AvgIpc) is 3.33. The van der Waals surface area contributed by atoms with E-state index in [0.717, 1.165) is 18.0 Å². The van der Waals surface area contributed by atoms with Crippen LogP contribution in [0.2, 0.25) is 0 Å². The number of rotatable bonds is 5. The predicted octanol–water partition coefficient (Wildman–Crippen LogP) is 2.25. The molecule has 1 unspecified atom stereocenters. The second-order valence-corrected chi connectivity index (χ2v) is 7.32. The normalized spacial score (nSPS) is 20.3. The van der Waals surface area contributed by atoms with Gasteiger partial charge in [-0.05, 0) is 24.8 Å². The van der Waals surface area contributed by atoms with E-state index in [1.807, 2.05) is 11.1 Å². The molecule has 2 aliphatic rings. The van der Waals surface area contributed by atoms with Crippen molar-refractivity contribution in [2.75, 3.05) is 20.3 Å². The van der Waals surface area contributed by atoms with Gasteiger partial charge in [-0.25, -0.2) is 9.97 Å². The molecule has 2 aromatic heterocycles. The molecule has 1 aliphatic heterocycles.